The first kappa shape index (κ1) is 88.3. The molecule has 0 aliphatic heterocycles. The second-order valence-electron chi connectivity index (χ2n) is 26.6. The number of H-pyrrole nitrogens is 2. The van der Waals surface area contributed by atoms with Gasteiger partial charge in [0.2, 0.25) is 65.0 Å². The third-order valence-corrected chi connectivity index (χ3v) is 18.1. The van der Waals surface area contributed by atoms with Gasteiger partial charge in [0.25, 0.3) is 0 Å². The Morgan fingerprint density at radius 1 is 0.473 bits per heavy atom. The molecule has 0 unspecified atom stereocenters. The zero-order valence-corrected chi connectivity index (χ0v) is 62.8. The van der Waals surface area contributed by atoms with Gasteiger partial charge in [0, 0.05) is 62.1 Å². The first-order valence-electron chi connectivity index (χ1n) is 36.0. The number of imidazole rings is 1. The molecule has 38 heteroatoms. The number of nitrogens with zero attached hydrogens (tertiary/aromatic N) is 1. The largest absolute Gasteiger partial charge is 0.508 e. The molecule has 602 valence electrons. The van der Waals surface area contributed by atoms with Crippen LogP contribution in [0.2, 0.25) is 0 Å². The summed E-state index contributed by atoms with van der Waals surface area (Å²) in [4.78, 5) is 192. The average molecular weight is 1570 g/mol. The van der Waals surface area contributed by atoms with Crippen LogP contribution >= 0.6 is 11.8 Å². The molecular weight excluding hydrogens is 1470 g/mol. The predicted octanol–water partition coefficient (Wildman–Crippen LogP) is -2.47. The number of aromatic amines is 2. The van der Waals surface area contributed by atoms with Crippen molar-refractivity contribution in [2.75, 3.05) is 38.2 Å². The molecule has 112 heavy (non-hydrogen) atoms. The molecule has 11 amide bonds. The van der Waals surface area contributed by atoms with E-state index in [2.05, 4.69) is 84.1 Å². The Morgan fingerprint density at radius 2 is 0.929 bits per heavy atom. The van der Waals surface area contributed by atoms with Crippen LogP contribution in [0, 0.1) is 16.7 Å². The van der Waals surface area contributed by atoms with Crippen LogP contribution in [0.4, 0.5) is 0 Å². The Bertz CT molecular complexity index is 4190. The topological polar surface area (TPSA) is 609 Å². The van der Waals surface area contributed by atoms with E-state index in [1.165, 1.54) is 36.4 Å². The number of hydrogen-bond acceptors (Lipinski definition) is 19. The van der Waals surface area contributed by atoms with Gasteiger partial charge in [0.15, 0.2) is 11.9 Å². The summed E-state index contributed by atoms with van der Waals surface area (Å²) in [6.45, 7) is 1.78. The summed E-state index contributed by atoms with van der Waals surface area (Å²) >= 11 is 1.37. The number of rotatable bonds is 47. The van der Waals surface area contributed by atoms with Gasteiger partial charge in [0.1, 0.15) is 66.7 Å². The van der Waals surface area contributed by atoms with E-state index in [0.29, 0.717) is 38.9 Å². The fourth-order valence-electron chi connectivity index (χ4n) is 11.6. The molecule has 0 radical (unpaired) electrons. The molecule has 37 nitrogen and oxygen atoms in total. The molecule has 0 fully saturated rings. The summed E-state index contributed by atoms with van der Waals surface area (Å²) in [5.41, 5.74) is 20.3. The highest BCUT2D eigenvalue weighted by atomic mass is 32.2. The Labute approximate surface area is 649 Å². The Hall–Kier alpha value is -12.6. The van der Waals surface area contributed by atoms with E-state index < -0.39 is 175 Å². The monoisotopic (exact) mass is 1570 g/mol. The van der Waals surface area contributed by atoms with E-state index >= 15 is 14.4 Å². The van der Waals surface area contributed by atoms with Crippen molar-refractivity contribution in [2.45, 2.75) is 145 Å². The summed E-state index contributed by atoms with van der Waals surface area (Å²) in [6, 6.07) is 14.8. The molecule has 2 aromatic heterocycles. The minimum Gasteiger partial charge on any atom is -0.508 e. The number of nitrogens with two attached hydrogens (primary N) is 3. The van der Waals surface area contributed by atoms with Crippen LogP contribution in [0.25, 0.3) is 10.9 Å². The Balaban J connectivity index is 1.25. The van der Waals surface area contributed by atoms with Crippen molar-refractivity contribution in [1.82, 2.24) is 84.1 Å². The minimum atomic E-state index is -2.00. The zero-order chi connectivity index (χ0) is 81.8. The molecule has 0 aliphatic carbocycles. The lowest BCUT2D eigenvalue weighted by Gasteiger charge is -2.28. The van der Waals surface area contributed by atoms with Crippen molar-refractivity contribution in [2.24, 2.45) is 23.1 Å². The number of fused-ring (bicyclic) bond motifs is 1. The molecule has 0 bridgehead atoms. The summed E-state index contributed by atoms with van der Waals surface area (Å²) in [6.07, 6.45) is 3.70. The van der Waals surface area contributed by atoms with Gasteiger partial charge in [-0.25, -0.2) is 4.98 Å². The van der Waals surface area contributed by atoms with Crippen LogP contribution in [-0.4, -0.2) is 218 Å². The average Bonchev–Trinajstić information content (AvgIpc) is 1.76. The van der Waals surface area contributed by atoms with E-state index in [-0.39, 0.29) is 88.7 Å². The molecule has 26 N–H and O–H groups in total. The molecule has 4 aromatic carbocycles. The van der Waals surface area contributed by atoms with Gasteiger partial charge in [-0.3, -0.25) is 73.1 Å². The van der Waals surface area contributed by atoms with Gasteiger partial charge in [-0.2, -0.15) is 11.8 Å². The number of benzene rings is 4. The van der Waals surface area contributed by atoms with Crippen LogP contribution in [0.3, 0.4) is 0 Å². The van der Waals surface area contributed by atoms with Gasteiger partial charge < -0.3 is 112 Å². The standard InChI is InChI=1S/C74H99N21O16S/c1-41(2)62(95-63(102)49(75)30-44-22-24-47(96)25-23-44)72(111)90-53(26-29-112-3)64(103)84-38-59(97)87-57(34-46-37-80-40-86-46)70(109)92-55(32-43-16-8-5-9-17-43)68(107)88-52(21-13-28-82-74(78)79)67(106)93-56(33-45-36-83-50-19-11-10-18-48(45)50)69(108)94-58(35-60(98)99)71(110)89-51(20-12-27-81-73(76)77)66(105)91-54(65(104)85-39-61(100)101)31-42-14-6-4-7-15-42/h4-11,14-19,22-25,36-37,40-41,49,51-58,62,83,96H,12-13,20-21,26-35,38-39,75H2,1-3H3,(H,80,86)(H,84,103)(H,85,104)(H,87,97)(H,88,107)(H,89,110)(H,90,111)(H,91,105)(H,92,109)(H,93,106)(H,94,108)(H,95,102)(H,98,99)(H,100,101)(H4,76,77,81)(H4,78,79,82)/t49-,51-,52-,53+,54-,55-,56-,57-,58-,62-/m0/s1. The number of carbonyl (C=O) groups is 13. The van der Waals surface area contributed by atoms with Crippen molar-refractivity contribution in [3.63, 3.8) is 0 Å². The zero-order valence-electron chi connectivity index (χ0n) is 62.0. The van der Waals surface area contributed by atoms with Gasteiger partial charge in [-0.05, 0) is 96.9 Å². The molecule has 0 saturated carbocycles. The third kappa shape index (κ3) is 30.4. The van der Waals surface area contributed by atoms with Gasteiger partial charge in [0.05, 0.1) is 31.0 Å². The fraction of sp³-hybridized carbons (Fsp3) is 0.405. The predicted molar refractivity (Wildman–Crippen MR) is 414 cm³/mol. The molecule has 0 spiro atoms. The maximum absolute atomic E-state index is 15.1. The summed E-state index contributed by atoms with van der Waals surface area (Å²) < 4.78 is 0. The van der Waals surface area contributed by atoms with E-state index in [4.69, 9.17) is 28.0 Å². The van der Waals surface area contributed by atoms with Crippen LogP contribution in [0.15, 0.2) is 128 Å². The number of amides is 11. The molecule has 10 atom stereocenters. The summed E-state index contributed by atoms with van der Waals surface area (Å²) in [5, 5.41) is 78.7. The number of carboxylic acids is 2. The molecular formula is C74H99N21O16S. The molecule has 0 saturated heterocycles. The van der Waals surface area contributed by atoms with Gasteiger partial charge in [-0.15, -0.1) is 0 Å². The van der Waals surface area contributed by atoms with Gasteiger partial charge >= 0.3 is 11.9 Å². The Kier molecular flexibility index (Phi) is 35.8. The molecule has 2 heterocycles. The normalized spacial score (nSPS) is 13.7. The van der Waals surface area contributed by atoms with Crippen molar-refractivity contribution in [1.29, 1.82) is 10.8 Å². The van der Waals surface area contributed by atoms with Crippen molar-refractivity contribution in [3.05, 3.63) is 156 Å². The number of phenolic OH excluding ortho intramolecular Hbond substituents is 1. The minimum absolute atomic E-state index is 0.0122. The van der Waals surface area contributed by atoms with E-state index in [0.717, 1.165) is 0 Å². The lowest BCUT2D eigenvalue weighted by Crippen LogP contribution is -2.61. The number of hydrogen-bond donors (Lipinski definition) is 23. The number of aliphatic carboxylic acids is 2. The van der Waals surface area contributed by atoms with E-state index in [9.17, 15) is 63.3 Å². The highest BCUT2D eigenvalue weighted by Crippen LogP contribution is 2.21. The number of aromatic nitrogens is 3. The third-order valence-electron chi connectivity index (χ3n) is 17.5. The Morgan fingerprint density at radius 3 is 1.45 bits per heavy atom. The number of nitrogens with one attached hydrogen (secondary N) is 17. The van der Waals surface area contributed by atoms with E-state index in [1.807, 2.05) is 0 Å². The van der Waals surface area contributed by atoms with Gasteiger partial charge in [-0.1, -0.05) is 105 Å². The number of thioether (sulfide) groups is 1. The molecule has 6 aromatic rings. The first-order chi connectivity index (χ1) is 53.5. The van der Waals surface area contributed by atoms with Crippen LogP contribution in [0.1, 0.15) is 80.3 Å². The number of aromatic hydroxyl groups is 1. The summed E-state index contributed by atoms with van der Waals surface area (Å²) in [7, 11) is 0. The summed E-state index contributed by atoms with van der Waals surface area (Å²) in [5.74, 6) is -14.2. The van der Waals surface area contributed by atoms with Crippen molar-refractivity contribution >= 4 is 112 Å². The van der Waals surface area contributed by atoms with E-state index in [1.54, 1.807) is 123 Å². The maximum Gasteiger partial charge on any atom is 0.322 e. The highest BCUT2D eigenvalue weighted by Gasteiger charge is 2.37. The van der Waals surface area contributed by atoms with Crippen LogP contribution < -0.4 is 86.3 Å². The number of phenols is 1. The number of para-hydroxylation sites is 1. The van der Waals surface area contributed by atoms with Crippen molar-refractivity contribution < 1.29 is 77.6 Å². The smallest absolute Gasteiger partial charge is 0.322 e. The van der Waals surface area contributed by atoms with Crippen LogP contribution in [-0.2, 0) is 94.4 Å². The number of carbonyl (C=O) groups excluding carboxylic acids is 11. The first-order valence-corrected chi connectivity index (χ1v) is 37.4. The molecule has 0 aliphatic rings. The van der Waals surface area contributed by atoms with Crippen LogP contribution in [0.5, 0.6) is 5.75 Å². The number of carboxylic acid groups (broad SMARTS) is 2. The maximum atomic E-state index is 15.1. The lowest BCUT2D eigenvalue weighted by molar-refractivity contribution is -0.141. The number of guanidine groups is 2. The second-order valence-corrected chi connectivity index (χ2v) is 27.6. The second kappa shape index (κ2) is 45.4. The molecule has 6 rings (SSSR count). The highest BCUT2D eigenvalue weighted by molar-refractivity contribution is 7.98. The quantitative estimate of drug-likeness (QED) is 0.0107. The fourth-order valence-corrected chi connectivity index (χ4v) is 12.1. The lowest BCUT2D eigenvalue weighted by atomic mass is 10.0. The SMILES string of the molecule is CSCC[C@@H](NC(=O)[C@@H](NC(=O)[C@@H](N)Cc1ccc(O)cc1)C(C)C)C(=O)NCC(=O)N[C@@H](Cc1c[nH]cn1)C(=O)N[C@@H](Cc1ccccc1)C(=O)N[C@@H](CCCNC(=N)N)C(=O)N[C@@H](Cc1c[nH]c2ccccc12)C(=O)N[C@@H](CC(=O)O)C(=O)N[C@@H](CCCNC(=N)N)C(=O)N[C@@H](Cc1ccccc1)C(=O)NCC(=O)O. The van der Waals surface area contributed by atoms with Crippen molar-refractivity contribution in [3.8, 4) is 5.75 Å².